The minimum atomic E-state index is 0.0255. The van der Waals surface area contributed by atoms with Crippen LogP contribution in [0.4, 0.5) is 0 Å². The van der Waals surface area contributed by atoms with Gasteiger partial charge in [-0.1, -0.05) is 0 Å². The SMILES string of the molecule is CC(C)(C)n1cc(CNCC2CCC(=O)N2)cn1. The smallest absolute Gasteiger partial charge is 0.220 e. The normalized spacial score (nSPS) is 20.2. The molecule has 1 aromatic rings. The molecule has 1 aliphatic rings. The molecule has 1 saturated heterocycles. The average Bonchev–Trinajstić information content (AvgIpc) is 2.87. The minimum Gasteiger partial charge on any atom is -0.352 e. The lowest BCUT2D eigenvalue weighted by molar-refractivity contribution is -0.119. The molecule has 5 heteroatoms. The Morgan fingerprint density at radius 2 is 2.33 bits per heavy atom. The van der Waals surface area contributed by atoms with Crippen molar-refractivity contribution in [3.8, 4) is 0 Å². The Kier molecular flexibility index (Phi) is 3.71. The van der Waals surface area contributed by atoms with Gasteiger partial charge in [-0.15, -0.1) is 0 Å². The van der Waals surface area contributed by atoms with Crippen molar-refractivity contribution in [3.63, 3.8) is 0 Å². The second-order valence-corrected chi connectivity index (χ2v) is 5.90. The van der Waals surface area contributed by atoms with E-state index < -0.39 is 0 Å². The third-order valence-corrected chi connectivity index (χ3v) is 3.13. The van der Waals surface area contributed by atoms with Crippen molar-refractivity contribution >= 4 is 5.91 Å². The molecule has 0 spiro atoms. The lowest BCUT2D eigenvalue weighted by Gasteiger charge is -2.18. The Morgan fingerprint density at radius 3 is 2.89 bits per heavy atom. The largest absolute Gasteiger partial charge is 0.352 e. The Morgan fingerprint density at radius 1 is 1.56 bits per heavy atom. The van der Waals surface area contributed by atoms with E-state index in [1.54, 1.807) is 0 Å². The van der Waals surface area contributed by atoms with Gasteiger partial charge in [-0.2, -0.15) is 5.10 Å². The second kappa shape index (κ2) is 5.10. The highest BCUT2D eigenvalue weighted by molar-refractivity contribution is 5.78. The van der Waals surface area contributed by atoms with Crippen molar-refractivity contribution in [2.24, 2.45) is 0 Å². The van der Waals surface area contributed by atoms with E-state index in [1.165, 1.54) is 5.56 Å². The van der Waals surface area contributed by atoms with Gasteiger partial charge in [0.05, 0.1) is 11.7 Å². The van der Waals surface area contributed by atoms with Gasteiger partial charge in [-0.3, -0.25) is 9.48 Å². The van der Waals surface area contributed by atoms with Gasteiger partial charge >= 0.3 is 0 Å². The maximum atomic E-state index is 11.0. The number of carbonyl (C=O) groups excluding carboxylic acids is 1. The van der Waals surface area contributed by atoms with Gasteiger partial charge in [0, 0.05) is 37.3 Å². The third-order valence-electron chi connectivity index (χ3n) is 3.13. The summed E-state index contributed by atoms with van der Waals surface area (Å²) in [6.45, 7) is 8.01. The van der Waals surface area contributed by atoms with Gasteiger partial charge < -0.3 is 10.6 Å². The lowest BCUT2D eigenvalue weighted by Crippen LogP contribution is -2.35. The van der Waals surface area contributed by atoms with Crippen molar-refractivity contribution in [3.05, 3.63) is 18.0 Å². The number of amides is 1. The Balaban J connectivity index is 1.77. The molecule has 1 fully saturated rings. The van der Waals surface area contributed by atoms with E-state index in [0.717, 1.165) is 19.5 Å². The number of carbonyl (C=O) groups is 1. The van der Waals surface area contributed by atoms with Crippen LogP contribution in [0.1, 0.15) is 39.2 Å². The van der Waals surface area contributed by atoms with Gasteiger partial charge in [0.15, 0.2) is 0 Å². The monoisotopic (exact) mass is 250 g/mol. The van der Waals surface area contributed by atoms with E-state index >= 15 is 0 Å². The zero-order valence-corrected chi connectivity index (χ0v) is 11.4. The van der Waals surface area contributed by atoms with E-state index in [4.69, 9.17) is 0 Å². The molecule has 2 rings (SSSR count). The first-order valence-corrected chi connectivity index (χ1v) is 6.49. The van der Waals surface area contributed by atoms with Crippen LogP contribution in [0.2, 0.25) is 0 Å². The fourth-order valence-electron chi connectivity index (χ4n) is 2.04. The van der Waals surface area contributed by atoms with Crippen molar-refractivity contribution in [2.45, 2.75) is 51.7 Å². The number of nitrogens with one attached hydrogen (secondary N) is 2. The average molecular weight is 250 g/mol. The number of nitrogens with zero attached hydrogens (tertiary/aromatic N) is 2. The van der Waals surface area contributed by atoms with Crippen LogP contribution >= 0.6 is 0 Å². The first kappa shape index (κ1) is 13.1. The molecule has 0 bridgehead atoms. The van der Waals surface area contributed by atoms with Crippen LogP contribution in [0.15, 0.2) is 12.4 Å². The maximum absolute atomic E-state index is 11.0. The summed E-state index contributed by atoms with van der Waals surface area (Å²) in [5, 5.41) is 10.7. The first-order chi connectivity index (χ1) is 8.45. The Hall–Kier alpha value is -1.36. The summed E-state index contributed by atoms with van der Waals surface area (Å²) in [5.74, 6) is 0.169. The first-order valence-electron chi connectivity index (χ1n) is 6.49. The molecule has 0 aromatic carbocycles. The van der Waals surface area contributed by atoms with E-state index in [-0.39, 0.29) is 17.5 Å². The summed E-state index contributed by atoms with van der Waals surface area (Å²) in [5.41, 5.74) is 1.20. The van der Waals surface area contributed by atoms with Crippen molar-refractivity contribution in [1.82, 2.24) is 20.4 Å². The lowest BCUT2D eigenvalue weighted by atomic mass is 10.1. The van der Waals surface area contributed by atoms with Crippen LogP contribution in [-0.2, 0) is 16.9 Å². The predicted octanol–water partition coefficient (Wildman–Crippen LogP) is 1.01. The van der Waals surface area contributed by atoms with Crippen LogP contribution in [0, 0.1) is 0 Å². The summed E-state index contributed by atoms with van der Waals surface area (Å²) in [6, 6.07) is 0.287. The number of hydrogen-bond donors (Lipinski definition) is 2. The molecule has 1 aliphatic heterocycles. The zero-order chi connectivity index (χ0) is 13.2. The molecule has 5 nitrogen and oxygen atoms in total. The van der Waals surface area contributed by atoms with Gasteiger partial charge in [0.2, 0.25) is 5.91 Å². The zero-order valence-electron chi connectivity index (χ0n) is 11.4. The van der Waals surface area contributed by atoms with Crippen molar-refractivity contribution in [1.29, 1.82) is 0 Å². The molecule has 1 aromatic heterocycles. The van der Waals surface area contributed by atoms with Crippen LogP contribution in [0.25, 0.3) is 0 Å². The fourth-order valence-corrected chi connectivity index (χ4v) is 2.04. The van der Waals surface area contributed by atoms with E-state index in [2.05, 4.69) is 42.7 Å². The maximum Gasteiger partial charge on any atom is 0.220 e. The molecule has 1 amide bonds. The highest BCUT2D eigenvalue weighted by Crippen LogP contribution is 2.13. The summed E-state index contributed by atoms with van der Waals surface area (Å²) >= 11 is 0. The van der Waals surface area contributed by atoms with E-state index in [9.17, 15) is 4.79 Å². The second-order valence-electron chi connectivity index (χ2n) is 5.90. The van der Waals surface area contributed by atoms with Crippen LogP contribution < -0.4 is 10.6 Å². The molecule has 0 saturated carbocycles. The molecule has 2 heterocycles. The van der Waals surface area contributed by atoms with Crippen LogP contribution in [0.5, 0.6) is 0 Å². The molecule has 0 radical (unpaired) electrons. The van der Waals surface area contributed by atoms with E-state index in [0.29, 0.717) is 6.42 Å². The van der Waals surface area contributed by atoms with Crippen molar-refractivity contribution in [2.75, 3.05) is 6.54 Å². The van der Waals surface area contributed by atoms with Gasteiger partial charge in [-0.05, 0) is 27.2 Å². The van der Waals surface area contributed by atoms with Crippen molar-refractivity contribution < 1.29 is 4.79 Å². The molecule has 18 heavy (non-hydrogen) atoms. The minimum absolute atomic E-state index is 0.0255. The molecule has 1 unspecified atom stereocenters. The fraction of sp³-hybridized carbons (Fsp3) is 0.692. The van der Waals surface area contributed by atoms with Gasteiger partial charge in [0.25, 0.3) is 0 Å². The summed E-state index contributed by atoms with van der Waals surface area (Å²) in [4.78, 5) is 11.0. The Labute approximate surface area is 108 Å². The van der Waals surface area contributed by atoms with Gasteiger partial charge in [0.1, 0.15) is 0 Å². The summed E-state index contributed by atoms with van der Waals surface area (Å²) < 4.78 is 1.97. The molecular formula is C13H22N4O. The highest BCUT2D eigenvalue weighted by atomic mass is 16.1. The van der Waals surface area contributed by atoms with Crippen LogP contribution in [0.3, 0.4) is 0 Å². The highest BCUT2D eigenvalue weighted by Gasteiger charge is 2.20. The number of aromatic nitrogens is 2. The predicted molar refractivity (Wildman–Crippen MR) is 70.1 cm³/mol. The number of hydrogen-bond acceptors (Lipinski definition) is 3. The standard InChI is InChI=1S/C13H22N4O/c1-13(2,3)17-9-10(7-15-17)6-14-8-11-4-5-12(18)16-11/h7,9,11,14H,4-6,8H2,1-3H3,(H,16,18). The number of rotatable bonds is 4. The molecule has 1 atom stereocenters. The topological polar surface area (TPSA) is 59.0 Å². The molecule has 100 valence electrons. The molecular weight excluding hydrogens is 228 g/mol. The third kappa shape index (κ3) is 3.32. The van der Waals surface area contributed by atoms with E-state index in [1.807, 2.05) is 10.9 Å². The summed E-state index contributed by atoms with van der Waals surface area (Å²) in [6.07, 6.45) is 5.56. The molecule has 2 N–H and O–H groups in total. The van der Waals surface area contributed by atoms with Crippen LogP contribution in [-0.4, -0.2) is 28.3 Å². The Bertz CT molecular complexity index is 419. The summed E-state index contributed by atoms with van der Waals surface area (Å²) in [7, 11) is 0. The quantitative estimate of drug-likeness (QED) is 0.838. The van der Waals surface area contributed by atoms with Gasteiger partial charge in [-0.25, -0.2) is 0 Å². The molecule has 0 aliphatic carbocycles.